The van der Waals surface area contributed by atoms with E-state index < -0.39 is 97.5 Å². The molecule has 19 heteroatoms. The first-order chi connectivity index (χ1) is 48.7. The molecule has 0 rings (SSSR count). The van der Waals surface area contributed by atoms with Gasteiger partial charge in [-0.2, -0.15) is 0 Å². The van der Waals surface area contributed by atoms with Gasteiger partial charge >= 0.3 is 39.5 Å². The van der Waals surface area contributed by atoms with E-state index in [1.54, 1.807) is 0 Å². The lowest BCUT2D eigenvalue weighted by Crippen LogP contribution is -2.30. The molecular formula is C81H140O17P2. The molecule has 0 spiro atoms. The van der Waals surface area contributed by atoms with Gasteiger partial charge in [-0.1, -0.05) is 278 Å². The fraction of sp³-hybridized carbons (Fsp3) is 0.728. The maximum atomic E-state index is 13.1. The second-order valence-corrected chi connectivity index (χ2v) is 28.8. The van der Waals surface area contributed by atoms with Crippen LogP contribution in [0.1, 0.15) is 323 Å². The molecule has 0 saturated heterocycles. The number of hydrogen-bond acceptors (Lipinski definition) is 15. The molecule has 17 nitrogen and oxygen atoms in total. The molecule has 0 amide bonds. The van der Waals surface area contributed by atoms with E-state index in [1.807, 2.05) is 0 Å². The molecular weight excluding hydrogens is 1310 g/mol. The van der Waals surface area contributed by atoms with E-state index >= 15 is 0 Å². The molecule has 0 fully saturated rings. The van der Waals surface area contributed by atoms with Gasteiger partial charge in [0.1, 0.15) is 19.3 Å². The number of carbonyl (C=O) groups excluding carboxylic acids is 4. The van der Waals surface area contributed by atoms with Crippen molar-refractivity contribution in [3.8, 4) is 0 Å². The van der Waals surface area contributed by atoms with Crippen molar-refractivity contribution in [2.45, 2.75) is 341 Å². The van der Waals surface area contributed by atoms with Gasteiger partial charge in [-0.05, 0) is 128 Å². The Kier molecular flexibility index (Phi) is 69.9. The Morgan fingerprint density at radius 1 is 0.290 bits per heavy atom. The van der Waals surface area contributed by atoms with Crippen molar-refractivity contribution in [1.82, 2.24) is 0 Å². The number of ether oxygens (including phenoxy) is 4. The quantitative estimate of drug-likeness (QED) is 0.0169. The van der Waals surface area contributed by atoms with Gasteiger partial charge < -0.3 is 33.8 Å². The lowest BCUT2D eigenvalue weighted by atomic mass is 10.1. The van der Waals surface area contributed by atoms with Crippen molar-refractivity contribution in [2.75, 3.05) is 39.6 Å². The monoisotopic (exact) mass is 1450 g/mol. The van der Waals surface area contributed by atoms with Crippen LogP contribution in [0.3, 0.4) is 0 Å². The van der Waals surface area contributed by atoms with Crippen LogP contribution in [0.15, 0.2) is 109 Å². The van der Waals surface area contributed by atoms with Crippen LogP contribution < -0.4 is 0 Å². The van der Waals surface area contributed by atoms with Crippen molar-refractivity contribution >= 4 is 39.5 Å². The highest BCUT2D eigenvalue weighted by atomic mass is 31.2. The summed E-state index contributed by atoms with van der Waals surface area (Å²) in [4.78, 5) is 72.9. The van der Waals surface area contributed by atoms with Gasteiger partial charge in [-0.15, -0.1) is 0 Å². The molecule has 0 aliphatic carbocycles. The number of hydrogen-bond donors (Lipinski definition) is 3. The topological polar surface area (TPSA) is 237 Å². The molecule has 0 aliphatic rings. The highest BCUT2D eigenvalue weighted by molar-refractivity contribution is 7.47. The maximum absolute atomic E-state index is 13.1. The summed E-state index contributed by atoms with van der Waals surface area (Å²) < 4.78 is 68.5. The van der Waals surface area contributed by atoms with Crippen molar-refractivity contribution < 1.29 is 80.2 Å². The van der Waals surface area contributed by atoms with Crippen LogP contribution in [0.4, 0.5) is 0 Å². The molecule has 0 heterocycles. The minimum absolute atomic E-state index is 0.0807. The first-order valence-corrected chi connectivity index (χ1v) is 42.1. The van der Waals surface area contributed by atoms with Gasteiger partial charge in [0, 0.05) is 25.7 Å². The Bertz CT molecular complexity index is 2320. The Labute approximate surface area is 607 Å². The zero-order valence-electron chi connectivity index (χ0n) is 62.8. The molecule has 0 aliphatic heterocycles. The van der Waals surface area contributed by atoms with Crippen LogP contribution in [0.2, 0.25) is 0 Å². The summed E-state index contributed by atoms with van der Waals surface area (Å²) in [7, 11) is -9.96. The molecule has 5 atom stereocenters. The summed E-state index contributed by atoms with van der Waals surface area (Å²) in [6.45, 7) is 4.59. The Balaban J connectivity index is 5.35. The van der Waals surface area contributed by atoms with Crippen LogP contribution >= 0.6 is 15.6 Å². The largest absolute Gasteiger partial charge is 0.472 e. The molecule has 0 radical (unpaired) electrons. The Morgan fingerprint density at radius 2 is 0.520 bits per heavy atom. The van der Waals surface area contributed by atoms with Gasteiger partial charge in [0.2, 0.25) is 0 Å². The number of phosphoric ester groups is 2. The molecule has 0 aromatic rings. The average molecular weight is 1450 g/mol. The predicted molar refractivity (Wildman–Crippen MR) is 408 cm³/mol. The van der Waals surface area contributed by atoms with Crippen LogP contribution in [0.25, 0.3) is 0 Å². The molecule has 0 aromatic carbocycles. The number of aliphatic hydroxyl groups is 1. The van der Waals surface area contributed by atoms with Crippen molar-refractivity contribution in [1.29, 1.82) is 0 Å². The third-order valence-electron chi connectivity index (χ3n) is 16.2. The fourth-order valence-electron chi connectivity index (χ4n) is 10.3. The number of esters is 4. The van der Waals surface area contributed by atoms with E-state index in [1.165, 1.54) is 77.0 Å². The summed E-state index contributed by atoms with van der Waals surface area (Å²) in [5, 5.41) is 10.6. The van der Waals surface area contributed by atoms with E-state index in [2.05, 4.69) is 137 Å². The molecule has 576 valence electrons. The molecule has 0 bridgehead atoms. The highest BCUT2D eigenvalue weighted by Gasteiger charge is 2.30. The maximum Gasteiger partial charge on any atom is 0.472 e. The number of aliphatic hydroxyl groups excluding tert-OH is 1. The first kappa shape index (κ1) is 95.7. The van der Waals surface area contributed by atoms with Crippen molar-refractivity contribution in [2.24, 2.45) is 0 Å². The third kappa shape index (κ3) is 72.1. The lowest BCUT2D eigenvalue weighted by Gasteiger charge is -2.21. The van der Waals surface area contributed by atoms with Crippen LogP contribution in [-0.4, -0.2) is 96.7 Å². The van der Waals surface area contributed by atoms with Gasteiger partial charge in [0.05, 0.1) is 26.4 Å². The number of phosphoric acid groups is 2. The summed E-state index contributed by atoms with van der Waals surface area (Å²) in [5.41, 5.74) is 0. The average Bonchev–Trinajstić information content (AvgIpc) is 0.953. The van der Waals surface area contributed by atoms with E-state index in [0.29, 0.717) is 25.7 Å². The lowest BCUT2D eigenvalue weighted by molar-refractivity contribution is -0.161. The normalized spacial score (nSPS) is 14.5. The van der Waals surface area contributed by atoms with Crippen LogP contribution in [0, 0.1) is 0 Å². The number of carbonyl (C=O) groups is 4. The number of unbranched alkanes of at least 4 members (excludes halogenated alkanes) is 29. The van der Waals surface area contributed by atoms with Gasteiger partial charge in [-0.3, -0.25) is 37.3 Å². The second-order valence-electron chi connectivity index (χ2n) is 25.9. The van der Waals surface area contributed by atoms with Gasteiger partial charge in [0.15, 0.2) is 12.2 Å². The van der Waals surface area contributed by atoms with E-state index in [-0.39, 0.29) is 25.7 Å². The second kappa shape index (κ2) is 73.0. The summed E-state index contributed by atoms with van der Waals surface area (Å²) in [6.07, 6.45) is 77.9. The fourth-order valence-corrected chi connectivity index (χ4v) is 11.9. The Hall–Kier alpha value is -4.28. The minimum Gasteiger partial charge on any atom is -0.462 e. The zero-order valence-corrected chi connectivity index (χ0v) is 64.6. The Morgan fingerprint density at radius 3 is 0.820 bits per heavy atom. The van der Waals surface area contributed by atoms with Crippen molar-refractivity contribution in [3.63, 3.8) is 0 Å². The molecule has 0 aromatic heterocycles. The van der Waals surface area contributed by atoms with Gasteiger partial charge in [-0.25, -0.2) is 9.13 Å². The SMILES string of the molecule is CC/C=C\C/C=C\C/C=C\C/C=C\C/C=C\CCCCCC(=O)OCC(COP(=O)(O)OCC(O)COP(=O)(O)OCC(COC(=O)CCCCCCC/C=C\C/C=C\C/C=C\CC)OC(=O)CCCCCCC/C=C\CCCCCCCC)OC(=O)CCCCCCCCCCCCC. The van der Waals surface area contributed by atoms with E-state index in [4.69, 9.17) is 37.0 Å². The van der Waals surface area contributed by atoms with Crippen LogP contribution in [0.5, 0.6) is 0 Å². The molecule has 0 saturated carbocycles. The summed E-state index contributed by atoms with van der Waals surface area (Å²) in [5.74, 6) is -2.23. The summed E-state index contributed by atoms with van der Waals surface area (Å²) >= 11 is 0. The van der Waals surface area contributed by atoms with Crippen LogP contribution in [-0.2, 0) is 65.4 Å². The van der Waals surface area contributed by atoms with Crippen molar-refractivity contribution in [3.05, 3.63) is 109 Å². The van der Waals surface area contributed by atoms with E-state index in [9.17, 15) is 43.2 Å². The summed E-state index contributed by atoms with van der Waals surface area (Å²) in [6, 6.07) is 0. The molecule has 100 heavy (non-hydrogen) atoms. The standard InChI is InChI=1S/C81H140O17P2/c1-5-9-13-17-21-25-29-32-35-36-37-38-41-43-47-50-54-58-62-66-79(84)91-71-76(97-80(85)67-63-59-55-51-45-28-24-20-16-12-8-4)73-95-99(87,88)93-69-75(82)70-94-100(89,90)96-74-77(98-81(86)68-64-60-56-52-48-44-40-34-31-27-23-19-15-11-7-3)72-92-78(83)65-61-57-53-49-46-42-39-33-30-26-22-18-14-10-6-2/h9-10,13-14,21-22,25-26,32-35,37-40,43,47,75-77,82H,5-8,11-12,15-20,23-24,27-31,36,41-42,44-46,48-74H2,1-4H3,(H,87,88)(H,89,90)/b13-9-,14-10-,25-21-,26-22-,35-32-,38-37-,39-33-,40-34-,47-43-. The number of rotatable bonds is 73. The zero-order chi connectivity index (χ0) is 73.2. The third-order valence-corrected chi connectivity index (χ3v) is 18.1. The molecule has 5 unspecified atom stereocenters. The predicted octanol–water partition coefficient (Wildman–Crippen LogP) is 22.6. The van der Waals surface area contributed by atoms with E-state index in [0.717, 1.165) is 167 Å². The van der Waals surface area contributed by atoms with Gasteiger partial charge in [0.25, 0.3) is 0 Å². The number of allylic oxidation sites excluding steroid dienone is 18. The first-order valence-electron chi connectivity index (χ1n) is 39.1. The minimum atomic E-state index is -4.98. The highest BCUT2D eigenvalue weighted by Crippen LogP contribution is 2.45. The molecule has 3 N–H and O–H groups in total. The smallest absolute Gasteiger partial charge is 0.462 e.